The monoisotopic (exact) mass is 265 g/mol. The third-order valence-electron chi connectivity index (χ3n) is 2.25. The van der Waals surface area contributed by atoms with E-state index in [1.165, 1.54) is 12.1 Å². The summed E-state index contributed by atoms with van der Waals surface area (Å²) in [6, 6.07) is 3.64. The van der Waals surface area contributed by atoms with Crippen molar-refractivity contribution in [2.45, 2.75) is 13.1 Å². The lowest BCUT2D eigenvalue weighted by Crippen LogP contribution is -2.36. The second-order valence-electron chi connectivity index (χ2n) is 3.83. The standard InChI is InChI=1S/C11H11F4NO2/c1-6-2-7(12)4-8(3-6)16-5-9(10(17)18)11(13,14)15/h2-4,9,16H,5H2,1H3,(H,17,18). The molecule has 0 saturated heterocycles. The lowest BCUT2D eigenvalue weighted by molar-refractivity contribution is -0.190. The Labute approximate surface area is 100 Å². The molecule has 0 amide bonds. The average molecular weight is 265 g/mol. The lowest BCUT2D eigenvalue weighted by Gasteiger charge is -2.17. The number of nitrogens with one attached hydrogen (secondary N) is 1. The van der Waals surface area contributed by atoms with Gasteiger partial charge in [-0.15, -0.1) is 0 Å². The fourth-order valence-corrected chi connectivity index (χ4v) is 1.40. The fourth-order valence-electron chi connectivity index (χ4n) is 1.40. The SMILES string of the molecule is Cc1cc(F)cc(NCC(C(=O)O)C(F)(F)F)c1. The summed E-state index contributed by atoms with van der Waals surface area (Å²) in [5.41, 5.74) is 0.638. The maximum Gasteiger partial charge on any atom is 0.403 e. The Morgan fingerprint density at radius 1 is 1.39 bits per heavy atom. The molecule has 0 fully saturated rings. The van der Waals surface area contributed by atoms with Crippen LogP contribution in [-0.2, 0) is 4.79 Å². The Morgan fingerprint density at radius 2 is 2.00 bits per heavy atom. The summed E-state index contributed by atoms with van der Waals surface area (Å²) < 4.78 is 50.0. The van der Waals surface area contributed by atoms with Crippen LogP contribution >= 0.6 is 0 Å². The molecule has 1 aromatic carbocycles. The van der Waals surface area contributed by atoms with Crippen molar-refractivity contribution < 1.29 is 27.5 Å². The topological polar surface area (TPSA) is 49.3 Å². The van der Waals surface area contributed by atoms with Crippen molar-refractivity contribution in [2.24, 2.45) is 5.92 Å². The summed E-state index contributed by atoms with van der Waals surface area (Å²) in [6.45, 7) is 0.731. The van der Waals surface area contributed by atoms with Crippen LogP contribution in [0.25, 0.3) is 0 Å². The number of hydrogen-bond acceptors (Lipinski definition) is 2. The summed E-state index contributed by atoms with van der Waals surface area (Å²) in [7, 11) is 0. The summed E-state index contributed by atoms with van der Waals surface area (Å²) in [6.07, 6.45) is -4.85. The minimum absolute atomic E-state index is 0.114. The first kappa shape index (κ1) is 14.3. The molecule has 0 radical (unpaired) electrons. The van der Waals surface area contributed by atoms with Crippen LogP contribution in [0.5, 0.6) is 0 Å². The third-order valence-corrected chi connectivity index (χ3v) is 2.25. The Bertz CT molecular complexity index is 425. The van der Waals surface area contributed by atoms with Gasteiger partial charge in [-0.2, -0.15) is 13.2 Å². The molecule has 0 spiro atoms. The van der Waals surface area contributed by atoms with E-state index in [0.29, 0.717) is 5.56 Å². The van der Waals surface area contributed by atoms with E-state index in [0.717, 1.165) is 6.07 Å². The number of rotatable bonds is 4. The van der Waals surface area contributed by atoms with Crippen molar-refractivity contribution in [1.29, 1.82) is 0 Å². The van der Waals surface area contributed by atoms with Gasteiger partial charge in [0.25, 0.3) is 0 Å². The highest BCUT2D eigenvalue weighted by Crippen LogP contribution is 2.27. The van der Waals surface area contributed by atoms with Gasteiger partial charge in [-0.25, -0.2) is 4.39 Å². The third kappa shape index (κ3) is 3.90. The van der Waals surface area contributed by atoms with Gasteiger partial charge in [0.05, 0.1) is 0 Å². The van der Waals surface area contributed by atoms with Crippen molar-refractivity contribution in [3.63, 3.8) is 0 Å². The number of carboxylic acids is 1. The van der Waals surface area contributed by atoms with Crippen LogP contribution < -0.4 is 5.32 Å². The largest absolute Gasteiger partial charge is 0.481 e. The summed E-state index contributed by atoms with van der Waals surface area (Å²) in [4.78, 5) is 10.5. The molecule has 0 bridgehead atoms. The highest BCUT2D eigenvalue weighted by atomic mass is 19.4. The van der Waals surface area contributed by atoms with Crippen LogP contribution in [0.15, 0.2) is 18.2 Å². The highest BCUT2D eigenvalue weighted by molar-refractivity contribution is 5.71. The molecule has 7 heteroatoms. The first-order valence-electron chi connectivity index (χ1n) is 5.00. The molecule has 0 saturated carbocycles. The second kappa shape index (κ2) is 5.24. The van der Waals surface area contributed by atoms with E-state index >= 15 is 0 Å². The zero-order valence-corrected chi connectivity index (χ0v) is 9.38. The molecular formula is C11H11F4NO2. The fraction of sp³-hybridized carbons (Fsp3) is 0.364. The van der Waals surface area contributed by atoms with E-state index in [1.54, 1.807) is 6.92 Å². The maximum atomic E-state index is 13.0. The molecule has 3 nitrogen and oxygen atoms in total. The Morgan fingerprint density at radius 3 is 2.44 bits per heavy atom. The molecule has 1 rings (SSSR count). The van der Waals surface area contributed by atoms with Gasteiger partial charge in [0.2, 0.25) is 0 Å². The Hall–Kier alpha value is -1.79. The predicted octanol–water partition coefficient (Wildman–Crippen LogP) is 2.81. The van der Waals surface area contributed by atoms with Crippen molar-refractivity contribution in [1.82, 2.24) is 0 Å². The minimum atomic E-state index is -4.85. The average Bonchev–Trinajstić information content (AvgIpc) is 2.12. The molecule has 100 valence electrons. The molecule has 0 aromatic heterocycles. The number of carboxylic acid groups (broad SMARTS) is 1. The van der Waals surface area contributed by atoms with Gasteiger partial charge >= 0.3 is 12.1 Å². The number of aryl methyl sites for hydroxylation is 1. The van der Waals surface area contributed by atoms with Crippen molar-refractivity contribution >= 4 is 11.7 Å². The first-order valence-corrected chi connectivity index (χ1v) is 5.00. The number of carbonyl (C=O) groups is 1. The van der Waals surface area contributed by atoms with Crippen LogP contribution in [0.2, 0.25) is 0 Å². The van der Waals surface area contributed by atoms with E-state index in [4.69, 9.17) is 5.11 Å². The van der Waals surface area contributed by atoms with Gasteiger partial charge in [0.1, 0.15) is 5.82 Å². The zero-order chi connectivity index (χ0) is 13.9. The van der Waals surface area contributed by atoms with Gasteiger partial charge in [-0.1, -0.05) is 0 Å². The number of hydrogen-bond donors (Lipinski definition) is 2. The van der Waals surface area contributed by atoms with Crippen LogP contribution in [0.1, 0.15) is 5.56 Å². The first-order chi connectivity index (χ1) is 8.20. The van der Waals surface area contributed by atoms with Gasteiger partial charge in [-0.05, 0) is 30.7 Å². The van der Waals surface area contributed by atoms with E-state index in [1.807, 2.05) is 0 Å². The van der Waals surface area contributed by atoms with Crippen LogP contribution in [0.3, 0.4) is 0 Å². The lowest BCUT2D eigenvalue weighted by atomic mass is 10.1. The van der Waals surface area contributed by atoms with E-state index in [2.05, 4.69) is 5.32 Å². The molecule has 1 aromatic rings. The van der Waals surface area contributed by atoms with Crippen LogP contribution in [0.4, 0.5) is 23.2 Å². The molecule has 0 aliphatic heterocycles. The van der Waals surface area contributed by atoms with E-state index in [9.17, 15) is 22.4 Å². The highest BCUT2D eigenvalue weighted by Gasteiger charge is 2.44. The number of benzene rings is 1. The van der Waals surface area contributed by atoms with Crippen LogP contribution in [0, 0.1) is 18.7 Å². The van der Waals surface area contributed by atoms with Gasteiger partial charge in [0, 0.05) is 12.2 Å². The molecular weight excluding hydrogens is 254 g/mol. The summed E-state index contributed by atoms with van der Waals surface area (Å²) in [5, 5.41) is 10.7. The Kier molecular flexibility index (Phi) is 4.15. The van der Waals surface area contributed by atoms with Crippen molar-refractivity contribution in [2.75, 3.05) is 11.9 Å². The molecule has 1 atom stereocenters. The molecule has 0 heterocycles. The number of alkyl halides is 3. The van der Waals surface area contributed by atoms with Crippen molar-refractivity contribution in [3.05, 3.63) is 29.6 Å². The normalized spacial score (nSPS) is 13.2. The number of aliphatic carboxylic acids is 1. The second-order valence-corrected chi connectivity index (χ2v) is 3.83. The molecule has 0 aliphatic carbocycles. The molecule has 2 N–H and O–H groups in total. The summed E-state index contributed by atoms with van der Waals surface area (Å²) in [5.74, 6) is -5.10. The van der Waals surface area contributed by atoms with Crippen LogP contribution in [-0.4, -0.2) is 23.8 Å². The van der Waals surface area contributed by atoms with Gasteiger partial charge < -0.3 is 10.4 Å². The molecule has 18 heavy (non-hydrogen) atoms. The number of halogens is 4. The molecule has 1 unspecified atom stereocenters. The quantitative estimate of drug-likeness (QED) is 0.823. The predicted molar refractivity (Wildman–Crippen MR) is 56.8 cm³/mol. The van der Waals surface area contributed by atoms with Gasteiger partial charge in [-0.3, -0.25) is 4.79 Å². The van der Waals surface area contributed by atoms with Crippen molar-refractivity contribution in [3.8, 4) is 0 Å². The van der Waals surface area contributed by atoms with E-state index < -0.39 is 30.4 Å². The number of anilines is 1. The zero-order valence-electron chi connectivity index (χ0n) is 9.38. The Balaban J connectivity index is 2.76. The molecule has 0 aliphatic rings. The summed E-state index contributed by atoms with van der Waals surface area (Å²) >= 11 is 0. The van der Waals surface area contributed by atoms with E-state index in [-0.39, 0.29) is 5.69 Å². The van der Waals surface area contributed by atoms with Gasteiger partial charge in [0.15, 0.2) is 5.92 Å². The maximum absolute atomic E-state index is 13.0. The minimum Gasteiger partial charge on any atom is -0.481 e. The smallest absolute Gasteiger partial charge is 0.403 e.